The zero-order valence-electron chi connectivity index (χ0n) is 8.70. The Labute approximate surface area is 92.3 Å². The average Bonchev–Trinajstić information content (AvgIpc) is 2.83. The molecule has 0 saturated heterocycles. The summed E-state index contributed by atoms with van der Waals surface area (Å²) in [7, 11) is 0. The van der Waals surface area contributed by atoms with Crippen LogP contribution in [0.1, 0.15) is 12.5 Å². The number of hydrogen-bond donors (Lipinski definition) is 1. The lowest BCUT2D eigenvalue weighted by molar-refractivity contribution is 0.645. The molecule has 0 amide bonds. The number of rotatable bonds is 2. The molecule has 1 aromatic heterocycles. The molecule has 16 heavy (non-hydrogen) atoms. The summed E-state index contributed by atoms with van der Waals surface area (Å²) in [4.78, 5) is 0. The Balaban J connectivity index is 2.46. The summed E-state index contributed by atoms with van der Waals surface area (Å²) in [5.74, 6) is 0. The van der Waals surface area contributed by atoms with Gasteiger partial charge in [-0.2, -0.15) is 5.26 Å². The van der Waals surface area contributed by atoms with Gasteiger partial charge in [-0.15, -0.1) is 5.10 Å². The third kappa shape index (κ3) is 1.76. The molecule has 0 fully saturated rings. The maximum Gasteiger partial charge on any atom is 0.143 e. The van der Waals surface area contributed by atoms with Crippen LogP contribution >= 0.6 is 0 Å². The lowest BCUT2D eigenvalue weighted by atomic mass is 9.95. The Kier molecular flexibility index (Phi) is 2.38. The highest BCUT2D eigenvalue weighted by molar-refractivity contribution is 5.39. The van der Waals surface area contributed by atoms with E-state index in [0.717, 1.165) is 11.3 Å². The van der Waals surface area contributed by atoms with Gasteiger partial charge in [0.2, 0.25) is 0 Å². The van der Waals surface area contributed by atoms with Gasteiger partial charge in [0.15, 0.2) is 0 Å². The summed E-state index contributed by atoms with van der Waals surface area (Å²) in [6.45, 7) is 1.66. The van der Waals surface area contributed by atoms with Crippen LogP contribution in [0.5, 0.6) is 0 Å². The third-order valence-corrected chi connectivity index (χ3v) is 2.29. The summed E-state index contributed by atoms with van der Waals surface area (Å²) >= 11 is 0. The van der Waals surface area contributed by atoms with Crippen molar-refractivity contribution in [2.24, 2.45) is 5.73 Å². The topological polar surface area (TPSA) is 93.4 Å². The zero-order chi connectivity index (χ0) is 11.6. The van der Waals surface area contributed by atoms with Gasteiger partial charge in [-0.1, -0.05) is 12.1 Å². The number of nitriles is 1. The second kappa shape index (κ2) is 3.72. The van der Waals surface area contributed by atoms with Crippen molar-refractivity contribution in [3.63, 3.8) is 0 Å². The molecule has 1 aromatic carbocycles. The molecule has 1 heterocycles. The van der Waals surface area contributed by atoms with Gasteiger partial charge in [0, 0.05) is 0 Å². The Morgan fingerprint density at radius 3 is 2.94 bits per heavy atom. The molecule has 2 N–H and O–H groups in total. The first-order chi connectivity index (χ1) is 7.63. The molecule has 0 aliphatic heterocycles. The molecule has 2 aromatic rings. The SMILES string of the molecule is CC(N)(C#N)c1cccc(-n2cnnn2)c1. The zero-order valence-corrected chi connectivity index (χ0v) is 8.70. The number of nitrogens with zero attached hydrogens (tertiary/aromatic N) is 5. The minimum atomic E-state index is -1.01. The first-order valence-electron chi connectivity index (χ1n) is 4.67. The highest BCUT2D eigenvalue weighted by Gasteiger charge is 2.20. The fourth-order valence-electron chi connectivity index (χ4n) is 1.32. The largest absolute Gasteiger partial charge is 0.310 e. The van der Waals surface area contributed by atoms with Crippen LogP contribution in [0, 0.1) is 11.3 Å². The van der Waals surface area contributed by atoms with Crippen molar-refractivity contribution in [3.05, 3.63) is 36.2 Å². The van der Waals surface area contributed by atoms with Crippen molar-refractivity contribution in [3.8, 4) is 11.8 Å². The molecule has 0 radical (unpaired) electrons. The number of hydrogen-bond acceptors (Lipinski definition) is 5. The summed E-state index contributed by atoms with van der Waals surface area (Å²) in [5.41, 5.74) is 6.33. The van der Waals surface area contributed by atoms with Crippen LogP contribution in [0.15, 0.2) is 30.6 Å². The molecule has 0 saturated carbocycles. The van der Waals surface area contributed by atoms with E-state index in [-0.39, 0.29) is 0 Å². The molecular formula is C10H10N6. The lowest BCUT2D eigenvalue weighted by Crippen LogP contribution is -2.30. The van der Waals surface area contributed by atoms with E-state index in [2.05, 4.69) is 15.5 Å². The van der Waals surface area contributed by atoms with Gasteiger partial charge in [0.05, 0.1) is 11.8 Å². The molecular weight excluding hydrogens is 204 g/mol. The predicted molar refractivity (Wildman–Crippen MR) is 56.3 cm³/mol. The van der Waals surface area contributed by atoms with Crippen LogP contribution in [-0.4, -0.2) is 20.2 Å². The molecule has 6 heteroatoms. The van der Waals surface area contributed by atoms with Crippen molar-refractivity contribution in [1.29, 1.82) is 5.26 Å². The van der Waals surface area contributed by atoms with Crippen LogP contribution in [-0.2, 0) is 5.54 Å². The van der Waals surface area contributed by atoms with E-state index in [0.29, 0.717) is 0 Å². The molecule has 1 unspecified atom stereocenters. The van der Waals surface area contributed by atoms with Crippen LogP contribution in [0.4, 0.5) is 0 Å². The van der Waals surface area contributed by atoms with Gasteiger partial charge in [-0.25, -0.2) is 4.68 Å². The summed E-state index contributed by atoms with van der Waals surface area (Å²) in [6.07, 6.45) is 1.49. The van der Waals surface area contributed by atoms with E-state index in [4.69, 9.17) is 11.0 Å². The van der Waals surface area contributed by atoms with Crippen molar-refractivity contribution in [2.75, 3.05) is 0 Å². The summed E-state index contributed by atoms with van der Waals surface area (Å²) < 4.78 is 1.51. The molecule has 0 aliphatic rings. The van der Waals surface area contributed by atoms with Gasteiger partial charge in [0.1, 0.15) is 11.9 Å². The Morgan fingerprint density at radius 2 is 2.31 bits per heavy atom. The van der Waals surface area contributed by atoms with E-state index in [9.17, 15) is 0 Å². The van der Waals surface area contributed by atoms with E-state index < -0.39 is 5.54 Å². The first kappa shape index (κ1) is 10.3. The van der Waals surface area contributed by atoms with E-state index in [1.54, 1.807) is 19.1 Å². The predicted octanol–water partition coefficient (Wildman–Crippen LogP) is 0.360. The maximum atomic E-state index is 8.95. The monoisotopic (exact) mass is 214 g/mol. The van der Waals surface area contributed by atoms with Crippen LogP contribution in [0.2, 0.25) is 0 Å². The smallest absolute Gasteiger partial charge is 0.143 e. The molecule has 0 aliphatic carbocycles. The summed E-state index contributed by atoms with van der Waals surface area (Å²) in [5, 5.41) is 19.8. The van der Waals surface area contributed by atoms with Crippen LogP contribution in [0.3, 0.4) is 0 Å². The third-order valence-electron chi connectivity index (χ3n) is 2.29. The fraction of sp³-hybridized carbons (Fsp3) is 0.200. The van der Waals surface area contributed by atoms with Gasteiger partial charge in [0.25, 0.3) is 0 Å². The Morgan fingerprint density at radius 1 is 1.50 bits per heavy atom. The van der Waals surface area contributed by atoms with E-state index in [1.165, 1.54) is 11.0 Å². The number of tetrazole rings is 1. The second-order valence-electron chi connectivity index (χ2n) is 3.62. The maximum absolute atomic E-state index is 8.95. The Bertz CT molecular complexity index is 522. The molecule has 2 rings (SSSR count). The van der Waals surface area contributed by atoms with Crippen molar-refractivity contribution >= 4 is 0 Å². The Hall–Kier alpha value is -2.26. The molecule has 80 valence electrons. The minimum absolute atomic E-state index is 0.725. The highest BCUT2D eigenvalue weighted by atomic mass is 15.5. The second-order valence-corrected chi connectivity index (χ2v) is 3.62. The standard InChI is InChI=1S/C10H10N6/c1-10(12,6-11)8-3-2-4-9(5-8)16-7-13-14-15-16/h2-5,7H,12H2,1H3. The van der Waals surface area contributed by atoms with Crippen molar-refractivity contribution < 1.29 is 0 Å². The summed E-state index contributed by atoms with van der Waals surface area (Å²) in [6, 6.07) is 9.30. The first-order valence-corrected chi connectivity index (χ1v) is 4.67. The van der Waals surface area contributed by atoms with Gasteiger partial charge in [-0.3, -0.25) is 0 Å². The fourth-order valence-corrected chi connectivity index (χ4v) is 1.32. The van der Waals surface area contributed by atoms with Crippen LogP contribution in [0.25, 0.3) is 5.69 Å². The molecule has 6 nitrogen and oxygen atoms in total. The van der Waals surface area contributed by atoms with E-state index >= 15 is 0 Å². The lowest BCUT2D eigenvalue weighted by Gasteiger charge is -2.16. The van der Waals surface area contributed by atoms with Gasteiger partial charge >= 0.3 is 0 Å². The van der Waals surface area contributed by atoms with Crippen molar-refractivity contribution in [1.82, 2.24) is 20.2 Å². The number of nitrogens with two attached hydrogens (primary N) is 1. The average molecular weight is 214 g/mol. The highest BCUT2D eigenvalue weighted by Crippen LogP contribution is 2.19. The molecule has 1 atom stereocenters. The van der Waals surface area contributed by atoms with Gasteiger partial charge in [-0.05, 0) is 35.0 Å². The van der Waals surface area contributed by atoms with Crippen molar-refractivity contribution in [2.45, 2.75) is 12.5 Å². The molecule has 0 bridgehead atoms. The van der Waals surface area contributed by atoms with Crippen LogP contribution < -0.4 is 5.73 Å². The van der Waals surface area contributed by atoms with E-state index in [1.807, 2.05) is 18.2 Å². The number of benzene rings is 1. The quantitative estimate of drug-likeness (QED) is 0.779. The van der Waals surface area contributed by atoms with Gasteiger partial charge < -0.3 is 5.73 Å². The normalized spacial score (nSPS) is 14.1. The number of aromatic nitrogens is 4. The molecule has 0 spiro atoms. The minimum Gasteiger partial charge on any atom is -0.310 e.